The molecule has 4 heteroatoms. The Kier molecular flexibility index (Phi) is 3.69. The molecule has 0 aliphatic rings. The summed E-state index contributed by atoms with van der Waals surface area (Å²) in [5.41, 5.74) is 2.13. The maximum absolute atomic E-state index is 6.00. The minimum absolute atomic E-state index is 0.0126. The van der Waals surface area contributed by atoms with E-state index in [0.717, 1.165) is 16.9 Å². The number of alkyl halides is 1. The molecule has 0 amide bonds. The highest BCUT2D eigenvalue weighted by atomic mass is 35.5. The Labute approximate surface area is 106 Å². The minimum atomic E-state index is -0.0126. The summed E-state index contributed by atoms with van der Waals surface area (Å²) in [6, 6.07) is 7.93. The van der Waals surface area contributed by atoms with E-state index in [9.17, 15) is 0 Å². The average Bonchev–Trinajstić information content (AvgIpc) is 2.78. The first-order valence-corrected chi connectivity index (χ1v) is 5.92. The number of nitrogens with zero attached hydrogens (tertiary/aromatic N) is 2. The highest BCUT2D eigenvalue weighted by Crippen LogP contribution is 2.21. The quantitative estimate of drug-likeness (QED) is 0.779. The van der Waals surface area contributed by atoms with Crippen molar-refractivity contribution in [2.45, 2.75) is 18.8 Å². The maximum Gasteiger partial charge on any atom is 0.123 e. The van der Waals surface area contributed by atoms with E-state index in [2.05, 4.69) is 5.10 Å². The van der Waals surface area contributed by atoms with Gasteiger partial charge in [-0.3, -0.25) is 4.68 Å². The number of para-hydroxylation sites is 1. The molecule has 3 nitrogen and oxygen atoms in total. The SMILES string of the molecule is COc1ccccc1Cn1cc(C(C)Cl)cn1. The van der Waals surface area contributed by atoms with Crippen molar-refractivity contribution in [2.24, 2.45) is 0 Å². The summed E-state index contributed by atoms with van der Waals surface area (Å²) in [6.45, 7) is 2.62. The van der Waals surface area contributed by atoms with Crippen molar-refractivity contribution in [2.75, 3.05) is 7.11 Å². The molecular formula is C13H15ClN2O. The second-order valence-electron chi connectivity index (χ2n) is 3.90. The molecule has 1 aromatic carbocycles. The third kappa shape index (κ3) is 2.80. The van der Waals surface area contributed by atoms with Crippen LogP contribution in [0.3, 0.4) is 0 Å². The predicted octanol–water partition coefficient (Wildman–Crippen LogP) is 3.24. The number of rotatable bonds is 4. The lowest BCUT2D eigenvalue weighted by molar-refractivity contribution is 0.407. The van der Waals surface area contributed by atoms with Crippen LogP contribution in [0.4, 0.5) is 0 Å². The van der Waals surface area contributed by atoms with Crippen LogP contribution in [-0.4, -0.2) is 16.9 Å². The number of halogens is 1. The fourth-order valence-electron chi connectivity index (χ4n) is 1.68. The third-order valence-corrected chi connectivity index (χ3v) is 2.89. The summed E-state index contributed by atoms with van der Waals surface area (Å²) < 4.78 is 7.17. The Morgan fingerprint density at radius 1 is 1.41 bits per heavy atom. The lowest BCUT2D eigenvalue weighted by atomic mass is 10.2. The largest absolute Gasteiger partial charge is 0.496 e. The summed E-state index contributed by atoms with van der Waals surface area (Å²) >= 11 is 6.00. The van der Waals surface area contributed by atoms with Gasteiger partial charge in [-0.25, -0.2) is 0 Å². The van der Waals surface area contributed by atoms with E-state index < -0.39 is 0 Å². The van der Waals surface area contributed by atoms with Crippen LogP contribution in [0.15, 0.2) is 36.7 Å². The Morgan fingerprint density at radius 2 is 2.18 bits per heavy atom. The van der Waals surface area contributed by atoms with Crippen molar-refractivity contribution in [1.29, 1.82) is 0 Å². The molecule has 0 N–H and O–H groups in total. The van der Waals surface area contributed by atoms with E-state index >= 15 is 0 Å². The van der Waals surface area contributed by atoms with E-state index in [1.54, 1.807) is 13.3 Å². The molecule has 1 unspecified atom stereocenters. The van der Waals surface area contributed by atoms with Gasteiger partial charge in [0.1, 0.15) is 5.75 Å². The minimum Gasteiger partial charge on any atom is -0.496 e. The number of hydrogen-bond acceptors (Lipinski definition) is 2. The van der Waals surface area contributed by atoms with Gasteiger partial charge in [0.15, 0.2) is 0 Å². The van der Waals surface area contributed by atoms with E-state index in [-0.39, 0.29) is 5.38 Å². The number of aromatic nitrogens is 2. The summed E-state index contributed by atoms with van der Waals surface area (Å²) in [7, 11) is 1.67. The Morgan fingerprint density at radius 3 is 2.82 bits per heavy atom. The second-order valence-corrected chi connectivity index (χ2v) is 4.55. The number of benzene rings is 1. The molecule has 0 aliphatic carbocycles. The van der Waals surface area contributed by atoms with Crippen LogP contribution in [0.5, 0.6) is 5.75 Å². The molecule has 0 radical (unpaired) electrons. The van der Waals surface area contributed by atoms with Crippen molar-refractivity contribution < 1.29 is 4.74 Å². The third-order valence-electron chi connectivity index (χ3n) is 2.64. The highest BCUT2D eigenvalue weighted by molar-refractivity contribution is 6.20. The Balaban J connectivity index is 2.19. The molecular weight excluding hydrogens is 236 g/mol. The standard InChI is InChI=1S/C13H15ClN2O/c1-10(14)12-7-15-16(9-12)8-11-5-3-4-6-13(11)17-2/h3-7,9-10H,8H2,1-2H3. The first kappa shape index (κ1) is 12.0. The van der Waals surface area contributed by atoms with Crippen molar-refractivity contribution in [3.8, 4) is 5.75 Å². The van der Waals surface area contributed by atoms with E-state index in [1.165, 1.54) is 0 Å². The molecule has 90 valence electrons. The summed E-state index contributed by atoms with van der Waals surface area (Å²) in [5.74, 6) is 0.878. The second kappa shape index (κ2) is 5.23. The summed E-state index contributed by atoms with van der Waals surface area (Å²) in [5, 5.41) is 4.27. The van der Waals surface area contributed by atoms with Gasteiger partial charge in [0.05, 0.1) is 25.2 Å². The lowest BCUT2D eigenvalue weighted by Gasteiger charge is -2.07. The summed E-state index contributed by atoms with van der Waals surface area (Å²) in [6.07, 6.45) is 3.76. The zero-order valence-corrected chi connectivity index (χ0v) is 10.7. The number of hydrogen-bond donors (Lipinski definition) is 0. The van der Waals surface area contributed by atoms with Crippen LogP contribution < -0.4 is 4.74 Å². The van der Waals surface area contributed by atoms with Crippen LogP contribution in [0.25, 0.3) is 0 Å². The molecule has 0 bridgehead atoms. The van der Waals surface area contributed by atoms with Crippen molar-refractivity contribution in [3.05, 3.63) is 47.8 Å². The first-order chi connectivity index (χ1) is 8.20. The Hall–Kier alpha value is -1.48. The predicted molar refractivity (Wildman–Crippen MR) is 68.6 cm³/mol. The monoisotopic (exact) mass is 250 g/mol. The molecule has 1 heterocycles. The zero-order valence-electron chi connectivity index (χ0n) is 9.93. The lowest BCUT2D eigenvalue weighted by Crippen LogP contribution is -2.01. The molecule has 2 rings (SSSR count). The van der Waals surface area contributed by atoms with Crippen LogP contribution in [0.2, 0.25) is 0 Å². The smallest absolute Gasteiger partial charge is 0.123 e. The van der Waals surface area contributed by atoms with Crippen LogP contribution >= 0.6 is 11.6 Å². The van der Waals surface area contributed by atoms with Gasteiger partial charge in [-0.15, -0.1) is 11.6 Å². The van der Waals surface area contributed by atoms with E-state index in [0.29, 0.717) is 6.54 Å². The molecule has 0 spiro atoms. The van der Waals surface area contributed by atoms with E-state index in [4.69, 9.17) is 16.3 Å². The topological polar surface area (TPSA) is 27.1 Å². The Bertz CT molecular complexity index is 494. The molecule has 1 aromatic heterocycles. The fraction of sp³-hybridized carbons (Fsp3) is 0.308. The van der Waals surface area contributed by atoms with Crippen LogP contribution in [0, 0.1) is 0 Å². The molecule has 2 aromatic rings. The van der Waals surface area contributed by atoms with Gasteiger partial charge >= 0.3 is 0 Å². The molecule has 0 aliphatic heterocycles. The van der Waals surface area contributed by atoms with Gasteiger partial charge in [-0.2, -0.15) is 5.10 Å². The number of methoxy groups -OCH3 is 1. The van der Waals surface area contributed by atoms with Gasteiger partial charge in [-0.1, -0.05) is 18.2 Å². The van der Waals surface area contributed by atoms with Crippen molar-refractivity contribution in [1.82, 2.24) is 9.78 Å². The normalized spacial score (nSPS) is 12.4. The first-order valence-electron chi connectivity index (χ1n) is 5.49. The van der Waals surface area contributed by atoms with Gasteiger partial charge in [0.25, 0.3) is 0 Å². The molecule has 0 saturated heterocycles. The van der Waals surface area contributed by atoms with E-state index in [1.807, 2.05) is 42.1 Å². The van der Waals surface area contributed by atoms with Gasteiger partial charge in [0, 0.05) is 17.3 Å². The molecule has 0 saturated carbocycles. The van der Waals surface area contributed by atoms with Crippen LogP contribution in [0.1, 0.15) is 23.4 Å². The average molecular weight is 251 g/mol. The van der Waals surface area contributed by atoms with Crippen LogP contribution in [-0.2, 0) is 6.54 Å². The highest BCUT2D eigenvalue weighted by Gasteiger charge is 2.07. The molecule has 0 fully saturated rings. The molecule has 17 heavy (non-hydrogen) atoms. The number of ether oxygens (including phenoxy) is 1. The summed E-state index contributed by atoms with van der Waals surface area (Å²) in [4.78, 5) is 0. The van der Waals surface area contributed by atoms with Gasteiger partial charge in [0.2, 0.25) is 0 Å². The fourth-order valence-corrected chi connectivity index (χ4v) is 1.79. The maximum atomic E-state index is 6.00. The van der Waals surface area contributed by atoms with Crippen molar-refractivity contribution >= 4 is 11.6 Å². The van der Waals surface area contributed by atoms with Gasteiger partial charge in [-0.05, 0) is 13.0 Å². The molecule has 1 atom stereocenters. The van der Waals surface area contributed by atoms with Crippen molar-refractivity contribution in [3.63, 3.8) is 0 Å². The zero-order chi connectivity index (χ0) is 12.3. The van der Waals surface area contributed by atoms with Gasteiger partial charge < -0.3 is 4.74 Å².